The average molecular weight is 489 g/mol. The van der Waals surface area contributed by atoms with Gasteiger partial charge >= 0.3 is 5.97 Å². The third-order valence-electron chi connectivity index (χ3n) is 7.28. The van der Waals surface area contributed by atoms with Crippen LogP contribution in [0.5, 0.6) is 0 Å². The zero-order valence-electron chi connectivity index (χ0n) is 20.2. The zero-order valence-corrected chi connectivity index (χ0v) is 21.1. The van der Waals surface area contributed by atoms with Crippen molar-refractivity contribution in [1.29, 1.82) is 0 Å². The van der Waals surface area contributed by atoms with Crippen LogP contribution in [0, 0.1) is 6.92 Å². The highest BCUT2D eigenvalue weighted by Crippen LogP contribution is 2.95. The van der Waals surface area contributed by atoms with Crippen LogP contribution < -0.4 is 10.6 Å². The fourth-order valence-corrected chi connectivity index (χ4v) is 10.4. The fourth-order valence-electron chi connectivity index (χ4n) is 5.32. The van der Waals surface area contributed by atoms with Gasteiger partial charge in [-0.2, -0.15) is 10.0 Å². The van der Waals surface area contributed by atoms with Crippen molar-refractivity contribution >= 4 is 27.6 Å². The molecule has 1 fully saturated rings. The Balaban J connectivity index is 0.000000591. The fraction of sp³-hybridized carbons (Fsp3) is 0.310. The molecule has 182 valence electrons. The predicted molar refractivity (Wildman–Crippen MR) is 143 cm³/mol. The van der Waals surface area contributed by atoms with Gasteiger partial charge in [-0.25, -0.2) is 4.79 Å². The number of hydrogen-bond acceptors (Lipinski definition) is 3. The van der Waals surface area contributed by atoms with Crippen LogP contribution in [0.4, 0.5) is 5.69 Å². The van der Waals surface area contributed by atoms with Gasteiger partial charge < -0.3 is 15.7 Å². The lowest BCUT2D eigenvalue weighted by Gasteiger charge is -2.49. The first-order valence-corrected chi connectivity index (χ1v) is 14.1. The number of carboxylic acids is 1. The van der Waals surface area contributed by atoms with Gasteiger partial charge in [0.1, 0.15) is 0 Å². The standard InChI is InChI=1S/C26H23NO3S.C3H9N/c1-16-5-7-18(8-6-16)14-27-21-4-2-3-20-23-15-31(23,24(20)21)22(25(27)28)13-17-9-11-19(12-10-17)26(29)30;1-2-3-4/h2-12,22-23H,13-15H2,1H3,(H,29,30);2-4H2,1H3. The summed E-state index contributed by atoms with van der Waals surface area (Å²) >= 11 is 0. The van der Waals surface area contributed by atoms with Crippen LogP contribution in [-0.2, 0) is 17.8 Å². The highest BCUT2D eigenvalue weighted by Gasteiger charge is 2.69. The van der Waals surface area contributed by atoms with Crippen LogP contribution in [0.25, 0.3) is 0 Å². The third-order valence-corrected chi connectivity index (χ3v) is 11.8. The first-order valence-electron chi connectivity index (χ1n) is 12.2. The number of benzene rings is 3. The monoisotopic (exact) mass is 488 g/mol. The SMILES string of the molecule is CCCN.Cc1ccc(CN2C(=O)C(Cc3ccc(C(=O)O)cc3)S34CC3c3cccc2c34)cc1. The minimum Gasteiger partial charge on any atom is -0.478 e. The summed E-state index contributed by atoms with van der Waals surface area (Å²) < 4.78 is 0. The molecule has 1 saturated heterocycles. The van der Waals surface area contributed by atoms with Crippen LogP contribution >= 0.6 is 10.0 Å². The summed E-state index contributed by atoms with van der Waals surface area (Å²) in [6, 6.07) is 21.9. The Morgan fingerprint density at radius 2 is 1.71 bits per heavy atom. The van der Waals surface area contributed by atoms with Crippen LogP contribution in [0.1, 0.15) is 51.2 Å². The highest BCUT2D eigenvalue weighted by atomic mass is 32.3. The lowest BCUT2D eigenvalue weighted by Crippen LogP contribution is -2.46. The molecule has 3 heterocycles. The normalized spacial score (nSPS) is 24.7. The smallest absolute Gasteiger partial charge is 0.335 e. The van der Waals surface area contributed by atoms with E-state index < -0.39 is 16.0 Å². The molecule has 3 aromatic carbocycles. The summed E-state index contributed by atoms with van der Waals surface area (Å²) in [6.45, 7) is 5.53. The van der Waals surface area contributed by atoms with Gasteiger partial charge in [0, 0.05) is 10.1 Å². The molecule has 6 heteroatoms. The highest BCUT2D eigenvalue weighted by molar-refractivity contribution is 8.41. The molecule has 0 aliphatic carbocycles. The Hall–Kier alpha value is -3.09. The van der Waals surface area contributed by atoms with Gasteiger partial charge in [-0.15, -0.1) is 0 Å². The molecule has 5 nitrogen and oxygen atoms in total. The second-order valence-electron chi connectivity index (χ2n) is 9.59. The molecule has 3 atom stereocenters. The van der Waals surface area contributed by atoms with Crippen molar-refractivity contribution in [2.24, 2.45) is 5.73 Å². The first-order chi connectivity index (χ1) is 16.9. The van der Waals surface area contributed by atoms with E-state index in [4.69, 9.17) is 5.73 Å². The van der Waals surface area contributed by atoms with Crippen molar-refractivity contribution in [1.82, 2.24) is 0 Å². The summed E-state index contributed by atoms with van der Waals surface area (Å²) in [5.41, 5.74) is 11.3. The molecule has 3 N–H and O–H groups in total. The number of nitrogens with two attached hydrogens (primary N) is 1. The maximum Gasteiger partial charge on any atom is 0.335 e. The number of carboxylic acid groups (broad SMARTS) is 1. The average Bonchev–Trinajstić information content (AvgIpc) is 3.52. The molecule has 0 radical (unpaired) electrons. The van der Waals surface area contributed by atoms with E-state index in [9.17, 15) is 14.7 Å². The van der Waals surface area contributed by atoms with Crippen molar-refractivity contribution in [3.8, 4) is 0 Å². The Kier molecular flexibility index (Phi) is 6.20. The Morgan fingerprint density at radius 3 is 2.34 bits per heavy atom. The first kappa shape index (κ1) is 23.6. The van der Waals surface area contributed by atoms with Gasteiger partial charge in [0.2, 0.25) is 5.91 Å². The molecule has 3 unspecified atom stereocenters. The number of aryl methyl sites for hydroxylation is 1. The molecule has 0 saturated carbocycles. The summed E-state index contributed by atoms with van der Waals surface area (Å²) in [4.78, 5) is 28.5. The van der Waals surface area contributed by atoms with Gasteiger partial charge in [0.15, 0.2) is 0 Å². The van der Waals surface area contributed by atoms with E-state index in [1.807, 2.05) is 17.0 Å². The quantitative estimate of drug-likeness (QED) is 0.453. The van der Waals surface area contributed by atoms with Crippen LogP contribution in [0.2, 0.25) is 0 Å². The lowest BCUT2D eigenvalue weighted by atomic mass is 10.0. The van der Waals surface area contributed by atoms with E-state index in [0.29, 0.717) is 18.2 Å². The lowest BCUT2D eigenvalue weighted by molar-refractivity contribution is -0.118. The molecule has 1 spiro atoms. The van der Waals surface area contributed by atoms with E-state index in [2.05, 4.69) is 56.3 Å². The Morgan fingerprint density at radius 1 is 1.06 bits per heavy atom. The number of carbonyl (C=O) groups excluding carboxylic acids is 1. The summed E-state index contributed by atoms with van der Waals surface area (Å²) in [6.07, 6.45) is 1.78. The van der Waals surface area contributed by atoms with E-state index in [0.717, 1.165) is 35.5 Å². The van der Waals surface area contributed by atoms with E-state index in [1.54, 1.807) is 12.1 Å². The number of rotatable bonds is 6. The predicted octanol–water partition coefficient (Wildman–Crippen LogP) is 5.44. The Labute approximate surface area is 208 Å². The summed E-state index contributed by atoms with van der Waals surface area (Å²) in [5, 5.41) is 9.75. The van der Waals surface area contributed by atoms with Crippen LogP contribution in [0.3, 0.4) is 0 Å². The van der Waals surface area contributed by atoms with Crippen molar-refractivity contribution in [2.75, 3.05) is 17.2 Å². The minimum atomic E-state index is -1.07. The number of nitrogens with zero attached hydrogens (tertiary/aromatic N) is 1. The maximum absolute atomic E-state index is 13.9. The van der Waals surface area contributed by atoms with Gasteiger partial charge in [-0.05, 0) is 67.0 Å². The second-order valence-corrected chi connectivity index (χ2v) is 13.2. The topological polar surface area (TPSA) is 83.6 Å². The third kappa shape index (κ3) is 3.95. The number of carbonyl (C=O) groups is 2. The summed E-state index contributed by atoms with van der Waals surface area (Å²) in [7, 11) is -1.07. The van der Waals surface area contributed by atoms with E-state index in [-0.39, 0.29) is 16.7 Å². The van der Waals surface area contributed by atoms with Crippen molar-refractivity contribution in [3.63, 3.8) is 0 Å². The minimum absolute atomic E-state index is 0.0129. The van der Waals surface area contributed by atoms with E-state index >= 15 is 0 Å². The molecule has 6 rings (SSSR count). The molecule has 3 aliphatic heterocycles. The molecular formula is C29H32N2O3S. The van der Waals surface area contributed by atoms with Crippen LogP contribution in [-0.4, -0.2) is 34.5 Å². The Bertz CT molecular complexity index is 1270. The summed E-state index contributed by atoms with van der Waals surface area (Å²) in [5.74, 6) is 0.444. The molecule has 0 bridgehead atoms. The number of hydrogen-bond donors (Lipinski definition) is 2. The molecule has 3 aromatic rings. The van der Waals surface area contributed by atoms with Gasteiger partial charge in [0.05, 0.1) is 23.0 Å². The van der Waals surface area contributed by atoms with E-state index in [1.165, 1.54) is 16.0 Å². The van der Waals surface area contributed by atoms with Gasteiger partial charge in [0.25, 0.3) is 0 Å². The molecule has 35 heavy (non-hydrogen) atoms. The molecule has 0 aromatic heterocycles. The van der Waals surface area contributed by atoms with Gasteiger partial charge in [-0.1, -0.05) is 61.0 Å². The largest absolute Gasteiger partial charge is 0.478 e. The maximum atomic E-state index is 13.9. The number of amides is 1. The molecule has 3 aliphatic rings. The van der Waals surface area contributed by atoms with Gasteiger partial charge in [-0.3, -0.25) is 4.79 Å². The van der Waals surface area contributed by atoms with Crippen LogP contribution in [0.15, 0.2) is 71.6 Å². The molecule has 1 amide bonds. The second kappa shape index (κ2) is 9.17. The van der Waals surface area contributed by atoms with Crippen molar-refractivity contribution in [2.45, 2.75) is 48.6 Å². The number of anilines is 1. The molecular weight excluding hydrogens is 456 g/mol. The zero-order chi connectivity index (χ0) is 24.7. The van der Waals surface area contributed by atoms with Crippen molar-refractivity contribution in [3.05, 3.63) is 94.5 Å². The van der Waals surface area contributed by atoms with Crippen molar-refractivity contribution < 1.29 is 14.7 Å². The number of fused-ring (bicyclic) bond motifs is 1. The number of aromatic carboxylic acids is 1.